The van der Waals surface area contributed by atoms with Gasteiger partial charge in [0, 0.05) is 29.7 Å². The Balaban J connectivity index is 2.07. The Labute approximate surface area is 102 Å². The van der Waals surface area contributed by atoms with Gasteiger partial charge in [-0.25, -0.2) is 0 Å². The van der Waals surface area contributed by atoms with Crippen molar-refractivity contribution in [1.82, 2.24) is 4.57 Å². The fourth-order valence-electron chi connectivity index (χ4n) is 1.93. The standard InChI is InChI=1S/C14H18N2O/c1-2-16-9-5-7-13(16)10-15-14-8-4-3-6-12(14)11-17/h3-9,15,17H,2,10-11H2,1H3. The Kier molecular flexibility index (Phi) is 3.83. The number of aliphatic hydroxyl groups is 1. The fourth-order valence-corrected chi connectivity index (χ4v) is 1.93. The van der Waals surface area contributed by atoms with Crippen LogP contribution in [0.4, 0.5) is 5.69 Å². The summed E-state index contributed by atoms with van der Waals surface area (Å²) in [7, 11) is 0. The summed E-state index contributed by atoms with van der Waals surface area (Å²) in [4.78, 5) is 0. The van der Waals surface area contributed by atoms with Crippen molar-refractivity contribution in [2.24, 2.45) is 0 Å². The molecule has 1 aromatic heterocycles. The van der Waals surface area contributed by atoms with Crippen molar-refractivity contribution >= 4 is 5.69 Å². The van der Waals surface area contributed by atoms with Gasteiger partial charge in [0.15, 0.2) is 0 Å². The van der Waals surface area contributed by atoms with E-state index in [1.54, 1.807) is 0 Å². The first kappa shape index (κ1) is 11.7. The van der Waals surface area contributed by atoms with Gasteiger partial charge in [0.1, 0.15) is 0 Å². The van der Waals surface area contributed by atoms with Gasteiger partial charge in [-0.05, 0) is 25.1 Å². The number of nitrogens with zero attached hydrogens (tertiary/aromatic N) is 1. The summed E-state index contributed by atoms with van der Waals surface area (Å²) in [6, 6.07) is 12.0. The number of hydrogen-bond acceptors (Lipinski definition) is 2. The number of rotatable bonds is 5. The molecule has 0 unspecified atom stereocenters. The summed E-state index contributed by atoms with van der Waals surface area (Å²) in [5.41, 5.74) is 3.18. The molecule has 0 saturated heterocycles. The SMILES string of the molecule is CCn1cccc1CNc1ccccc1CO. The maximum absolute atomic E-state index is 9.23. The zero-order chi connectivity index (χ0) is 12.1. The van der Waals surface area contributed by atoms with Gasteiger partial charge in [-0.3, -0.25) is 0 Å². The number of hydrogen-bond donors (Lipinski definition) is 2. The smallest absolute Gasteiger partial charge is 0.0701 e. The van der Waals surface area contributed by atoms with Gasteiger partial charge in [0.25, 0.3) is 0 Å². The van der Waals surface area contributed by atoms with Crippen LogP contribution in [0, 0.1) is 0 Å². The van der Waals surface area contributed by atoms with E-state index >= 15 is 0 Å². The van der Waals surface area contributed by atoms with Crippen LogP contribution in [0.15, 0.2) is 42.6 Å². The Morgan fingerprint density at radius 3 is 2.76 bits per heavy atom. The molecular formula is C14H18N2O. The van der Waals surface area contributed by atoms with Crippen LogP contribution in [0.5, 0.6) is 0 Å². The topological polar surface area (TPSA) is 37.2 Å². The van der Waals surface area contributed by atoms with Gasteiger partial charge in [-0.2, -0.15) is 0 Å². The molecule has 1 aromatic carbocycles. The highest BCUT2D eigenvalue weighted by Crippen LogP contribution is 2.16. The second-order valence-electron chi connectivity index (χ2n) is 3.95. The molecule has 2 N–H and O–H groups in total. The van der Waals surface area contributed by atoms with Gasteiger partial charge < -0.3 is 15.0 Å². The minimum Gasteiger partial charge on any atom is -0.392 e. The average Bonchev–Trinajstić information content (AvgIpc) is 2.84. The molecule has 0 spiro atoms. The number of benzene rings is 1. The molecule has 0 bridgehead atoms. The molecule has 0 saturated carbocycles. The highest BCUT2D eigenvalue weighted by molar-refractivity contribution is 5.50. The summed E-state index contributed by atoms with van der Waals surface area (Å²) in [5, 5.41) is 12.6. The first-order valence-electron chi connectivity index (χ1n) is 5.91. The molecule has 90 valence electrons. The molecule has 0 aliphatic carbocycles. The van der Waals surface area contributed by atoms with E-state index in [0.29, 0.717) is 0 Å². The molecule has 17 heavy (non-hydrogen) atoms. The van der Waals surface area contributed by atoms with Gasteiger partial charge in [0.05, 0.1) is 13.2 Å². The number of anilines is 1. The molecule has 3 nitrogen and oxygen atoms in total. The maximum atomic E-state index is 9.23. The minimum absolute atomic E-state index is 0.0674. The van der Waals surface area contributed by atoms with Crippen molar-refractivity contribution in [3.05, 3.63) is 53.9 Å². The minimum atomic E-state index is 0.0674. The van der Waals surface area contributed by atoms with Crippen LogP contribution < -0.4 is 5.32 Å². The number of nitrogens with one attached hydrogen (secondary N) is 1. The van der Waals surface area contributed by atoms with E-state index in [0.717, 1.165) is 24.3 Å². The van der Waals surface area contributed by atoms with E-state index in [1.165, 1.54) is 5.69 Å². The Morgan fingerprint density at radius 1 is 1.18 bits per heavy atom. The molecule has 0 aliphatic rings. The van der Waals surface area contributed by atoms with Crippen molar-refractivity contribution in [3.8, 4) is 0 Å². The van der Waals surface area contributed by atoms with Crippen LogP contribution in [0.1, 0.15) is 18.2 Å². The van der Waals surface area contributed by atoms with E-state index in [9.17, 15) is 5.11 Å². The lowest BCUT2D eigenvalue weighted by Crippen LogP contribution is -2.07. The van der Waals surface area contributed by atoms with Crippen LogP contribution in [-0.2, 0) is 19.7 Å². The van der Waals surface area contributed by atoms with Crippen LogP contribution in [0.25, 0.3) is 0 Å². The predicted molar refractivity (Wildman–Crippen MR) is 69.8 cm³/mol. The maximum Gasteiger partial charge on any atom is 0.0701 e. The summed E-state index contributed by atoms with van der Waals surface area (Å²) in [6.07, 6.45) is 2.08. The largest absolute Gasteiger partial charge is 0.392 e. The van der Waals surface area contributed by atoms with Crippen LogP contribution in [0.2, 0.25) is 0 Å². The third-order valence-corrected chi connectivity index (χ3v) is 2.91. The molecule has 0 amide bonds. The molecule has 1 heterocycles. The van der Waals surface area contributed by atoms with Crippen molar-refractivity contribution in [2.75, 3.05) is 5.32 Å². The van der Waals surface area contributed by atoms with Crippen molar-refractivity contribution in [3.63, 3.8) is 0 Å². The van der Waals surface area contributed by atoms with E-state index in [2.05, 4.69) is 35.1 Å². The Morgan fingerprint density at radius 2 is 2.00 bits per heavy atom. The summed E-state index contributed by atoms with van der Waals surface area (Å²) in [5.74, 6) is 0. The lowest BCUT2D eigenvalue weighted by Gasteiger charge is -2.12. The van der Waals surface area contributed by atoms with Crippen molar-refractivity contribution in [2.45, 2.75) is 26.6 Å². The summed E-state index contributed by atoms with van der Waals surface area (Å²) < 4.78 is 2.20. The molecule has 0 aliphatic heterocycles. The van der Waals surface area contributed by atoms with Gasteiger partial charge >= 0.3 is 0 Å². The molecule has 0 fully saturated rings. The van der Waals surface area contributed by atoms with Crippen LogP contribution in [-0.4, -0.2) is 9.67 Å². The molecular weight excluding hydrogens is 212 g/mol. The second kappa shape index (κ2) is 5.55. The lowest BCUT2D eigenvalue weighted by atomic mass is 10.2. The average molecular weight is 230 g/mol. The van der Waals surface area contributed by atoms with E-state index in [1.807, 2.05) is 24.3 Å². The molecule has 3 heteroatoms. The lowest BCUT2D eigenvalue weighted by molar-refractivity contribution is 0.282. The second-order valence-corrected chi connectivity index (χ2v) is 3.95. The quantitative estimate of drug-likeness (QED) is 0.828. The third kappa shape index (κ3) is 2.68. The normalized spacial score (nSPS) is 10.5. The molecule has 0 atom stereocenters. The van der Waals surface area contributed by atoms with Gasteiger partial charge in [0.2, 0.25) is 0 Å². The van der Waals surface area contributed by atoms with Crippen molar-refractivity contribution < 1.29 is 5.11 Å². The molecule has 0 radical (unpaired) electrons. The highest BCUT2D eigenvalue weighted by Gasteiger charge is 2.02. The van der Waals surface area contributed by atoms with Crippen LogP contribution >= 0.6 is 0 Å². The first-order valence-corrected chi connectivity index (χ1v) is 5.91. The Hall–Kier alpha value is -1.74. The molecule has 2 rings (SSSR count). The van der Waals surface area contributed by atoms with Gasteiger partial charge in [-0.1, -0.05) is 18.2 Å². The van der Waals surface area contributed by atoms with Gasteiger partial charge in [-0.15, -0.1) is 0 Å². The number of aryl methyl sites for hydroxylation is 1. The highest BCUT2D eigenvalue weighted by atomic mass is 16.3. The van der Waals surface area contributed by atoms with Crippen molar-refractivity contribution in [1.29, 1.82) is 0 Å². The zero-order valence-corrected chi connectivity index (χ0v) is 10.1. The fraction of sp³-hybridized carbons (Fsp3) is 0.286. The van der Waals surface area contributed by atoms with Crippen LogP contribution in [0.3, 0.4) is 0 Å². The number of para-hydroxylation sites is 1. The predicted octanol–water partition coefficient (Wildman–Crippen LogP) is 2.61. The van der Waals surface area contributed by atoms with E-state index in [-0.39, 0.29) is 6.61 Å². The third-order valence-electron chi connectivity index (χ3n) is 2.91. The monoisotopic (exact) mass is 230 g/mol. The Bertz CT molecular complexity index is 477. The first-order chi connectivity index (χ1) is 8.35. The summed E-state index contributed by atoms with van der Waals surface area (Å²) in [6.45, 7) is 3.95. The van der Waals surface area contributed by atoms with E-state index in [4.69, 9.17) is 0 Å². The zero-order valence-electron chi connectivity index (χ0n) is 10.1. The summed E-state index contributed by atoms with van der Waals surface area (Å²) >= 11 is 0. The molecule has 2 aromatic rings. The number of aromatic nitrogens is 1. The number of aliphatic hydroxyl groups excluding tert-OH is 1. The van der Waals surface area contributed by atoms with E-state index < -0.39 is 0 Å².